The van der Waals surface area contributed by atoms with Gasteiger partial charge in [0.05, 0.1) is 14.2 Å². The summed E-state index contributed by atoms with van der Waals surface area (Å²) in [6.07, 6.45) is 4.60. The van der Waals surface area contributed by atoms with Crippen molar-refractivity contribution in [3.63, 3.8) is 0 Å². The molecule has 2 aromatic carbocycles. The van der Waals surface area contributed by atoms with E-state index in [1.165, 1.54) is 26.6 Å². The van der Waals surface area contributed by atoms with Gasteiger partial charge in [-0.2, -0.15) is 0 Å². The van der Waals surface area contributed by atoms with Crippen molar-refractivity contribution in [2.75, 3.05) is 14.2 Å². The Morgan fingerprint density at radius 1 is 0.786 bits per heavy atom. The molecule has 3 rings (SSSR count). The Bertz CT molecular complexity index is 949. The topological polar surface area (TPSA) is 96.5 Å². The van der Waals surface area contributed by atoms with Gasteiger partial charge in [-0.3, -0.25) is 4.99 Å². The van der Waals surface area contributed by atoms with Crippen LogP contribution in [0.4, 0.5) is 11.5 Å². The minimum atomic E-state index is -0.00367. The second kappa shape index (κ2) is 8.68. The molecule has 0 bridgehead atoms. The van der Waals surface area contributed by atoms with Gasteiger partial charge in [0, 0.05) is 29.8 Å². The van der Waals surface area contributed by atoms with Crippen molar-refractivity contribution < 1.29 is 19.7 Å². The highest BCUT2D eigenvalue weighted by Gasteiger charge is 2.07. The third-order valence-corrected chi connectivity index (χ3v) is 3.93. The van der Waals surface area contributed by atoms with Gasteiger partial charge in [0.1, 0.15) is 5.69 Å². The van der Waals surface area contributed by atoms with Crippen LogP contribution < -0.4 is 9.47 Å². The van der Waals surface area contributed by atoms with Gasteiger partial charge in [-0.05, 0) is 36.4 Å². The van der Waals surface area contributed by atoms with E-state index in [0.29, 0.717) is 34.1 Å². The molecule has 7 nitrogen and oxygen atoms in total. The number of hydrogen-bond acceptors (Lipinski definition) is 7. The largest absolute Gasteiger partial charge is 0.504 e. The summed E-state index contributed by atoms with van der Waals surface area (Å²) < 4.78 is 10.2. The number of benzene rings is 2. The van der Waals surface area contributed by atoms with Crippen LogP contribution in [0, 0.1) is 0 Å². The lowest BCUT2D eigenvalue weighted by molar-refractivity contribution is 0.373. The van der Waals surface area contributed by atoms with Crippen LogP contribution >= 0.6 is 0 Å². The molecule has 142 valence electrons. The average Bonchev–Trinajstić information content (AvgIpc) is 2.73. The fourth-order valence-electron chi connectivity index (χ4n) is 2.47. The summed E-state index contributed by atoms with van der Waals surface area (Å²) in [7, 11) is 2.97. The Labute approximate surface area is 162 Å². The van der Waals surface area contributed by atoms with Crippen molar-refractivity contribution in [2.45, 2.75) is 0 Å². The first-order valence-electron chi connectivity index (χ1n) is 8.39. The van der Waals surface area contributed by atoms with Crippen molar-refractivity contribution >= 4 is 23.9 Å². The van der Waals surface area contributed by atoms with Crippen LogP contribution in [0.15, 0.2) is 64.7 Å². The minimum Gasteiger partial charge on any atom is -0.504 e. The van der Waals surface area contributed by atoms with Crippen molar-refractivity contribution in [3.05, 3.63) is 65.9 Å². The van der Waals surface area contributed by atoms with Gasteiger partial charge in [-0.1, -0.05) is 12.1 Å². The number of phenolic OH excluding ortho intramolecular Hbond substituents is 2. The molecule has 0 unspecified atom stereocenters. The van der Waals surface area contributed by atoms with Crippen molar-refractivity contribution in [1.29, 1.82) is 0 Å². The highest BCUT2D eigenvalue weighted by Crippen LogP contribution is 2.31. The van der Waals surface area contributed by atoms with Gasteiger partial charge in [0.2, 0.25) is 0 Å². The zero-order valence-electron chi connectivity index (χ0n) is 15.4. The molecule has 0 aliphatic rings. The number of nitrogens with zero attached hydrogens (tertiary/aromatic N) is 3. The number of aliphatic imine (C=N–C) groups is 2. The molecule has 0 saturated carbocycles. The van der Waals surface area contributed by atoms with Gasteiger partial charge >= 0.3 is 0 Å². The first kappa shape index (κ1) is 18.9. The fraction of sp³-hybridized carbons (Fsp3) is 0.0952. The molecule has 0 aliphatic heterocycles. The molecular weight excluding hydrogens is 358 g/mol. The van der Waals surface area contributed by atoms with E-state index in [-0.39, 0.29) is 11.5 Å². The van der Waals surface area contributed by atoms with E-state index in [0.717, 1.165) is 0 Å². The summed E-state index contributed by atoms with van der Waals surface area (Å²) in [4.78, 5) is 12.9. The molecule has 0 spiro atoms. The number of pyridine rings is 1. The first-order chi connectivity index (χ1) is 13.6. The normalized spacial score (nSPS) is 11.2. The summed E-state index contributed by atoms with van der Waals surface area (Å²) >= 11 is 0. The maximum atomic E-state index is 10.2. The van der Waals surface area contributed by atoms with E-state index in [9.17, 15) is 10.2 Å². The van der Waals surface area contributed by atoms with E-state index < -0.39 is 0 Å². The maximum absolute atomic E-state index is 10.2. The molecule has 0 amide bonds. The summed E-state index contributed by atoms with van der Waals surface area (Å²) in [5.41, 5.74) is 1.50. The van der Waals surface area contributed by atoms with Crippen LogP contribution in [0.2, 0.25) is 0 Å². The lowest BCUT2D eigenvalue weighted by atomic mass is 10.2. The number of rotatable bonds is 6. The quantitative estimate of drug-likeness (QED) is 0.633. The first-order valence-corrected chi connectivity index (χ1v) is 8.39. The molecule has 0 aliphatic carbocycles. The fourth-order valence-corrected chi connectivity index (χ4v) is 2.47. The predicted molar refractivity (Wildman–Crippen MR) is 108 cm³/mol. The standard InChI is InChI=1S/C21H19N3O4/c1-27-17-9-3-6-14(19(17)25)12-23-16-8-5-11-22-21(16)24-13-15-7-4-10-18(28-2)20(15)26/h3-13,25-26H,1-2H3/b23-12?,24-13-. The summed E-state index contributed by atoms with van der Waals surface area (Å²) in [6.45, 7) is 0. The molecule has 2 N–H and O–H groups in total. The third-order valence-electron chi connectivity index (χ3n) is 3.93. The molecule has 0 atom stereocenters. The summed E-state index contributed by atoms with van der Waals surface area (Å²) in [5.74, 6) is 1.09. The average molecular weight is 377 g/mol. The van der Waals surface area contributed by atoms with Crippen molar-refractivity contribution in [1.82, 2.24) is 4.98 Å². The zero-order chi connectivity index (χ0) is 19.9. The van der Waals surface area contributed by atoms with Crippen LogP contribution in [0.5, 0.6) is 23.0 Å². The van der Waals surface area contributed by atoms with Crippen LogP contribution in [-0.4, -0.2) is 41.8 Å². The predicted octanol–water partition coefficient (Wildman–Crippen LogP) is 4.01. The summed E-state index contributed by atoms with van der Waals surface area (Å²) in [5, 5.41) is 20.3. The maximum Gasteiger partial charge on any atom is 0.178 e. The molecule has 1 aromatic heterocycles. The summed E-state index contributed by atoms with van der Waals surface area (Å²) in [6, 6.07) is 13.7. The van der Waals surface area contributed by atoms with Crippen molar-refractivity contribution in [2.24, 2.45) is 9.98 Å². The van der Waals surface area contributed by atoms with E-state index in [1.54, 1.807) is 54.7 Å². The van der Waals surface area contributed by atoms with Crippen LogP contribution in [0.3, 0.4) is 0 Å². The van der Waals surface area contributed by atoms with Gasteiger partial charge in [-0.15, -0.1) is 0 Å². The molecule has 0 fully saturated rings. The smallest absolute Gasteiger partial charge is 0.178 e. The Balaban J connectivity index is 1.90. The number of phenols is 2. The number of para-hydroxylation sites is 2. The lowest BCUT2D eigenvalue weighted by Crippen LogP contribution is -1.89. The third kappa shape index (κ3) is 4.09. The van der Waals surface area contributed by atoms with Crippen LogP contribution in [-0.2, 0) is 0 Å². The van der Waals surface area contributed by atoms with Gasteiger partial charge < -0.3 is 19.7 Å². The van der Waals surface area contributed by atoms with E-state index in [2.05, 4.69) is 15.0 Å². The Morgan fingerprint density at radius 2 is 1.36 bits per heavy atom. The highest BCUT2D eigenvalue weighted by atomic mass is 16.5. The molecule has 0 saturated heterocycles. The molecule has 7 heteroatoms. The lowest BCUT2D eigenvalue weighted by Gasteiger charge is -2.06. The van der Waals surface area contributed by atoms with E-state index >= 15 is 0 Å². The zero-order valence-corrected chi connectivity index (χ0v) is 15.4. The molecule has 1 heterocycles. The Morgan fingerprint density at radius 3 is 1.93 bits per heavy atom. The Hall–Kier alpha value is -3.87. The molecule has 3 aromatic rings. The Kier molecular flexibility index (Phi) is 5.86. The van der Waals surface area contributed by atoms with Gasteiger partial charge in [0.25, 0.3) is 0 Å². The number of aromatic hydroxyl groups is 2. The number of aromatic nitrogens is 1. The van der Waals surface area contributed by atoms with Crippen LogP contribution in [0.1, 0.15) is 11.1 Å². The molecule has 28 heavy (non-hydrogen) atoms. The number of hydrogen-bond donors (Lipinski definition) is 2. The molecule has 0 radical (unpaired) electrons. The van der Waals surface area contributed by atoms with Crippen molar-refractivity contribution in [3.8, 4) is 23.0 Å². The minimum absolute atomic E-state index is 0.00367. The van der Waals surface area contributed by atoms with Gasteiger partial charge in [0.15, 0.2) is 28.8 Å². The monoisotopic (exact) mass is 377 g/mol. The second-order valence-electron chi connectivity index (χ2n) is 5.66. The highest BCUT2D eigenvalue weighted by molar-refractivity contribution is 5.89. The number of methoxy groups -OCH3 is 2. The number of ether oxygens (including phenoxy) is 2. The molecular formula is C21H19N3O4. The van der Waals surface area contributed by atoms with E-state index in [1.807, 2.05) is 0 Å². The van der Waals surface area contributed by atoms with Gasteiger partial charge in [-0.25, -0.2) is 9.98 Å². The SMILES string of the molecule is COc1cccc(C=Nc2cccnc2/N=C\c2cccc(OC)c2O)c1O. The second-order valence-corrected chi connectivity index (χ2v) is 5.66. The van der Waals surface area contributed by atoms with Crippen LogP contribution in [0.25, 0.3) is 0 Å². The van der Waals surface area contributed by atoms with E-state index in [4.69, 9.17) is 9.47 Å².